The molecule has 0 radical (unpaired) electrons. The van der Waals surface area contributed by atoms with Crippen LogP contribution in [0.4, 0.5) is 9.18 Å². The van der Waals surface area contributed by atoms with Crippen LogP contribution in [0.2, 0.25) is 0 Å². The number of fused-ring (bicyclic) bond motifs is 3. The molecule has 4 rings (SSSR count). The zero-order valence-corrected chi connectivity index (χ0v) is 18.5. The molecule has 0 saturated heterocycles. The first-order valence-electron chi connectivity index (χ1n) is 9.73. The largest absolute Gasteiger partial charge is 0.480 e. The van der Waals surface area contributed by atoms with Gasteiger partial charge in [-0.05, 0) is 56.5 Å². The van der Waals surface area contributed by atoms with Crippen LogP contribution in [0.25, 0.3) is 11.1 Å². The van der Waals surface area contributed by atoms with Gasteiger partial charge in [-0.15, -0.1) is 0 Å². The summed E-state index contributed by atoms with van der Waals surface area (Å²) in [6.45, 7) is 0.0732. The Morgan fingerprint density at radius 2 is 1.61 bits per heavy atom. The van der Waals surface area contributed by atoms with Gasteiger partial charge in [0.05, 0.1) is 0 Å². The molecule has 3 aromatic rings. The van der Waals surface area contributed by atoms with Crippen molar-refractivity contribution in [3.05, 3.63) is 92.8 Å². The lowest BCUT2D eigenvalue weighted by Crippen LogP contribution is -2.43. The molecule has 7 heteroatoms. The standard InChI is InChI=1S/C24H19FINO4/c25-22-14(6-5-11-20(22)26)12-21(23(28)29)27-24(30)31-13-19-17-9-3-1-7-15(17)16-8-2-4-10-18(16)19/h1-11,19,21H,12-13H2,(H,27,30)(H,28,29)/t21-/m0/s1. The monoisotopic (exact) mass is 531 g/mol. The third kappa shape index (κ3) is 4.41. The lowest BCUT2D eigenvalue weighted by atomic mass is 9.98. The number of nitrogens with one attached hydrogen (secondary N) is 1. The van der Waals surface area contributed by atoms with Crippen LogP contribution in [-0.2, 0) is 16.0 Å². The molecule has 5 nitrogen and oxygen atoms in total. The van der Waals surface area contributed by atoms with Gasteiger partial charge in [0.25, 0.3) is 0 Å². The van der Waals surface area contributed by atoms with Crippen molar-refractivity contribution in [2.45, 2.75) is 18.4 Å². The number of ether oxygens (including phenoxy) is 1. The minimum atomic E-state index is -1.30. The summed E-state index contributed by atoms with van der Waals surface area (Å²) in [4.78, 5) is 24.0. The van der Waals surface area contributed by atoms with E-state index in [9.17, 15) is 19.1 Å². The Morgan fingerprint density at radius 3 is 2.23 bits per heavy atom. The number of halogens is 2. The van der Waals surface area contributed by atoms with Gasteiger partial charge in [0, 0.05) is 15.9 Å². The average Bonchev–Trinajstić information content (AvgIpc) is 3.08. The number of hydrogen-bond donors (Lipinski definition) is 2. The number of rotatable bonds is 6. The van der Waals surface area contributed by atoms with Crippen LogP contribution in [0.15, 0.2) is 66.7 Å². The number of carboxylic acid groups (broad SMARTS) is 1. The zero-order chi connectivity index (χ0) is 22.0. The second-order valence-electron chi connectivity index (χ2n) is 7.28. The summed E-state index contributed by atoms with van der Waals surface area (Å²) in [5, 5.41) is 11.8. The Balaban J connectivity index is 1.45. The Kier molecular flexibility index (Phi) is 6.22. The third-order valence-corrected chi connectivity index (χ3v) is 6.22. The molecule has 1 atom stereocenters. The number of carbonyl (C=O) groups is 2. The van der Waals surface area contributed by atoms with Crippen molar-refractivity contribution in [2.24, 2.45) is 0 Å². The predicted molar refractivity (Wildman–Crippen MR) is 122 cm³/mol. The summed E-state index contributed by atoms with van der Waals surface area (Å²) < 4.78 is 20.0. The average molecular weight is 531 g/mol. The summed E-state index contributed by atoms with van der Waals surface area (Å²) in [5.74, 6) is -1.87. The normalized spacial score (nSPS) is 13.2. The van der Waals surface area contributed by atoms with E-state index in [1.54, 1.807) is 12.1 Å². The number of hydrogen-bond acceptors (Lipinski definition) is 3. The van der Waals surface area contributed by atoms with Crippen LogP contribution >= 0.6 is 22.6 Å². The van der Waals surface area contributed by atoms with E-state index in [4.69, 9.17) is 4.74 Å². The quantitative estimate of drug-likeness (QED) is 0.441. The molecule has 0 fully saturated rings. The van der Waals surface area contributed by atoms with Gasteiger partial charge >= 0.3 is 12.1 Å². The molecule has 0 bridgehead atoms. The van der Waals surface area contributed by atoms with Gasteiger partial charge in [0.1, 0.15) is 18.5 Å². The SMILES string of the molecule is O=C(N[C@@H](Cc1cccc(I)c1F)C(=O)O)OCC1c2ccccc2-c2ccccc21. The highest BCUT2D eigenvalue weighted by molar-refractivity contribution is 14.1. The summed E-state index contributed by atoms with van der Waals surface area (Å²) in [6.07, 6.45) is -1.03. The van der Waals surface area contributed by atoms with E-state index < -0.39 is 23.9 Å². The summed E-state index contributed by atoms with van der Waals surface area (Å²) in [6, 6.07) is 19.3. The molecular weight excluding hydrogens is 512 g/mol. The highest BCUT2D eigenvalue weighted by atomic mass is 127. The predicted octanol–water partition coefficient (Wildman–Crippen LogP) is 4.96. The number of carbonyl (C=O) groups excluding carboxylic acids is 1. The van der Waals surface area contributed by atoms with E-state index >= 15 is 0 Å². The topological polar surface area (TPSA) is 75.6 Å². The van der Waals surface area contributed by atoms with Gasteiger partial charge in [-0.3, -0.25) is 0 Å². The minimum absolute atomic E-state index is 0.0732. The van der Waals surface area contributed by atoms with E-state index in [2.05, 4.69) is 5.32 Å². The number of amides is 1. The van der Waals surface area contributed by atoms with Gasteiger partial charge < -0.3 is 15.2 Å². The highest BCUT2D eigenvalue weighted by Gasteiger charge is 2.30. The lowest BCUT2D eigenvalue weighted by molar-refractivity contribution is -0.139. The van der Waals surface area contributed by atoms with Crippen molar-refractivity contribution in [3.8, 4) is 11.1 Å². The fourth-order valence-electron chi connectivity index (χ4n) is 3.91. The molecule has 0 heterocycles. The Labute approximate surface area is 192 Å². The maximum absolute atomic E-state index is 14.3. The van der Waals surface area contributed by atoms with E-state index in [-0.39, 0.29) is 24.5 Å². The van der Waals surface area contributed by atoms with E-state index in [0.717, 1.165) is 22.3 Å². The molecule has 1 amide bonds. The zero-order valence-electron chi connectivity index (χ0n) is 16.3. The molecule has 31 heavy (non-hydrogen) atoms. The number of alkyl carbamates (subject to hydrolysis) is 1. The third-order valence-electron chi connectivity index (χ3n) is 5.39. The van der Waals surface area contributed by atoms with E-state index in [0.29, 0.717) is 3.57 Å². The van der Waals surface area contributed by atoms with Gasteiger partial charge in [-0.2, -0.15) is 0 Å². The van der Waals surface area contributed by atoms with Gasteiger partial charge in [-0.1, -0.05) is 60.7 Å². The van der Waals surface area contributed by atoms with Crippen molar-refractivity contribution in [2.75, 3.05) is 6.61 Å². The number of carboxylic acids is 1. The molecule has 1 aliphatic rings. The van der Waals surface area contributed by atoms with Crippen LogP contribution in [0.1, 0.15) is 22.6 Å². The smallest absolute Gasteiger partial charge is 0.407 e. The fourth-order valence-corrected chi connectivity index (χ4v) is 4.46. The van der Waals surface area contributed by atoms with Crippen LogP contribution in [0.5, 0.6) is 0 Å². The molecule has 0 aliphatic heterocycles. The Bertz CT molecular complexity index is 1100. The van der Waals surface area contributed by atoms with Gasteiger partial charge in [0.15, 0.2) is 0 Å². The molecule has 158 valence electrons. The molecular formula is C24H19FINO4. The maximum atomic E-state index is 14.3. The summed E-state index contributed by atoms with van der Waals surface area (Å²) in [7, 11) is 0. The van der Waals surface area contributed by atoms with Crippen LogP contribution in [0.3, 0.4) is 0 Å². The van der Waals surface area contributed by atoms with Crippen molar-refractivity contribution < 1.29 is 23.8 Å². The summed E-state index contributed by atoms with van der Waals surface area (Å²) in [5.41, 5.74) is 4.55. The first-order chi connectivity index (χ1) is 15.0. The van der Waals surface area contributed by atoms with Crippen molar-refractivity contribution in [1.29, 1.82) is 0 Å². The molecule has 2 N–H and O–H groups in total. The maximum Gasteiger partial charge on any atom is 0.407 e. The van der Waals surface area contributed by atoms with Crippen molar-refractivity contribution in [1.82, 2.24) is 5.32 Å². The van der Waals surface area contributed by atoms with Crippen molar-refractivity contribution in [3.63, 3.8) is 0 Å². The molecule has 3 aromatic carbocycles. The van der Waals surface area contributed by atoms with Crippen LogP contribution in [0, 0.1) is 9.39 Å². The molecule has 0 aromatic heterocycles. The Morgan fingerprint density at radius 1 is 1.00 bits per heavy atom. The van der Waals surface area contributed by atoms with E-state index in [1.165, 1.54) is 6.07 Å². The Hall–Kier alpha value is -2.94. The molecule has 1 aliphatic carbocycles. The molecule has 0 unspecified atom stereocenters. The number of aliphatic carboxylic acids is 1. The second kappa shape index (κ2) is 9.05. The highest BCUT2D eigenvalue weighted by Crippen LogP contribution is 2.44. The van der Waals surface area contributed by atoms with E-state index in [1.807, 2.05) is 71.1 Å². The van der Waals surface area contributed by atoms with Gasteiger partial charge in [-0.25, -0.2) is 14.0 Å². The molecule has 0 spiro atoms. The van der Waals surface area contributed by atoms with Crippen molar-refractivity contribution >= 4 is 34.7 Å². The first kappa shape index (κ1) is 21.3. The van der Waals surface area contributed by atoms with Crippen LogP contribution < -0.4 is 5.32 Å². The minimum Gasteiger partial charge on any atom is -0.480 e. The summed E-state index contributed by atoms with van der Waals surface area (Å²) >= 11 is 1.84. The first-order valence-corrected chi connectivity index (χ1v) is 10.8. The number of benzene rings is 3. The lowest BCUT2D eigenvalue weighted by Gasteiger charge is -2.18. The fraction of sp³-hybridized carbons (Fsp3) is 0.167. The molecule has 0 saturated carbocycles. The van der Waals surface area contributed by atoms with Gasteiger partial charge in [0.2, 0.25) is 0 Å². The second-order valence-corrected chi connectivity index (χ2v) is 8.44. The van der Waals surface area contributed by atoms with Crippen LogP contribution in [-0.4, -0.2) is 29.8 Å².